The molecule has 1 heterocycles. The van der Waals surface area contributed by atoms with E-state index in [0.29, 0.717) is 23.9 Å². The van der Waals surface area contributed by atoms with Crippen LogP contribution in [0.25, 0.3) is 0 Å². The number of ether oxygens (including phenoxy) is 1. The largest absolute Gasteiger partial charge is 0.485 e. The summed E-state index contributed by atoms with van der Waals surface area (Å²) in [6.07, 6.45) is 0. The van der Waals surface area contributed by atoms with Gasteiger partial charge >= 0.3 is 0 Å². The summed E-state index contributed by atoms with van der Waals surface area (Å²) in [4.78, 5) is 1.45. The van der Waals surface area contributed by atoms with Crippen LogP contribution in [-0.2, 0) is 13.2 Å². The van der Waals surface area contributed by atoms with Gasteiger partial charge in [0.15, 0.2) is 6.61 Å². The molecule has 0 fully saturated rings. The van der Waals surface area contributed by atoms with Gasteiger partial charge in [0, 0.05) is 11.6 Å². The number of nitrogens with two attached hydrogens (primary N) is 1. The lowest BCUT2D eigenvalue weighted by atomic mass is 10.2. The van der Waals surface area contributed by atoms with Crippen LogP contribution < -0.4 is 10.5 Å². The van der Waals surface area contributed by atoms with Gasteiger partial charge in [-0.15, -0.1) is 10.2 Å². The maximum atomic E-state index is 5.87. The lowest BCUT2D eigenvalue weighted by molar-refractivity contribution is 0.293. The van der Waals surface area contributed by atoms with E-state index in [1.165, 1.54) is 4.80 Å². The van der Waals surface area contributed by atoms with E-state index in [-0.39, 0.29) is 6.61 Å². The first-order chi connectivity index (χ1) is 8.69. The standard InChI is InChI=1S/C11H14ClN5O/c1-8-6-9(12)2-3-10(8)18-7-11-14-16-17(15-11)5-4-13/h2-3,6H,4-5,7,13H2,1H3. The molecule has 0 amide bonds. The monoisotopic (exact) mass is 267 g/mol. The van der Waals surface area contributed by atoms with Gasteiger partial charge in [0.25, 0.3) is 0 Å². The molecular weight excluding hydrogens is 254 g/mol. The number of rotatable bonds is 5. The number of nitrogens with zero attached hydrogens (tertiary/aromatic N) is 4. The van der Waals surface area contributed by atoms with E-state index < -0.39 is 0 Å². The predicted octanol–water partition coefficient (Wildman–Crippen LogP) is 1.17. The van der Waals surface area contributed by atoms with Gasteiger partial charge in [0.1, 0.15) is 5.75 Å². The Kier molecular flexibility index (Phi) is 4.11. The van der Waals surface area contributed by atoms with Crippen LogP contribution in [0, 0.1) is 6.92 Å². The Bertz CT molecular complexity index is 528. The third kappa shape index (κ3) is 3.18. The Balaban J connectivity index is 1.97. The topological polar surface area (TPSA) is 78.9 Å². The highest BCUT2D eigenvalue weighted by molar-refractivity contribution is 6.30. The summed E-state index contributed by atoms with van der Waals surface area (Å²) >= 11 is 5.87. The molecule has 0 unspecified atom stereocenters. The van der Waals surface area contributed by atoms with Crippen molar-refractivity contribution >= 4 is 11.6 Å². The van der Waals surface area contributed by atoms with Crippen molar-refractivity contribution in [2.24, 2.45) is 5.73 Å². The second-order valence-electron chi connectivity index (χ2n) is 3.79. The predicted molar refractivity (Wildman–Crippen MR) is 67.4 cm³/mol. The number of tetrazole rings is 1. The average Bonchev–Trinajstić information content (AvgIpc) is 2.76. The molecule has 7 heteroatoms. The lowest BCUT2D eigenvalue weighted by Gasteiger charge is -2.06. The van der Waals surface area contributed by atoms with Gasteiger partial charge in [-0.1, -0.05) is 11.6 Å². The van der Waals surface area contributed by atoms with E-state index in [2.05, 4.69) is 15.4 Å². The van der Waals surface area contributed by atoms with E-state index in [4.69, 9.17) is 22.1 Å². The van der Waals surface area contributed by atoms with Crippen LogP contribution in [0.2, 0.25) is 5.02 Å². The molecule has 18 heavy (non-hydrogen) atoms. The second kappa shape index (κ2) is 5.79. The molecule has 2 rings (SSSR count). The molecule has 6 nitrogen and oxygen atoms in total. The maximum absolute atomic E-state index is 5.87. The molecule has 1 aromatic carbocycles. The Hall–Kier alpha value is -1.66. The quantitative estimate of drug-likeness (QED) is 0.880. The molecule has 96 valence electrons. The number of hydrogen-bond donors (Lipinski definition) is 1. The summed E-state index contributed by atoms with van der Waals surface area (Å²) in [5.74, 6) is 1.28. The highest BCUT2D eigenvalue weighted by Crippen LogP contribution is 2.22. The van der Waals surface area contributed by atoms with Crippen LogP contribution in [0.5, 0.6) is 5.75 Å². The average molecular weight is 268 g/mol. The number of benzene rings is 1. The van der Waals surface area contributed by atoms with Gasteiger partial charge in [0.05, 0.1) is 6.54 Å². The number of hydrogen-bond acceptors (Lipinski definition) is 5. The Morgan fingerprint density at radius 1 is 1.44 bits per heavy atom. The van der Waals surface area contributed by atoms with Crippen LogP contribution in [0.15, 0.2) is 18.2 Å². The zero-order valence-electron chi connectivity index (χ0n) is 10.0. The molecule has 0 saturated carbocycles. The van der Waals surface area contributed by atoms with Gasteiger partial charge in [-0.2, -0.15) is 4.80 Å². The van der Waals surface area contributed by atoms with Crippen molar-refractivity contribution in [3.63, 3.8) is 0 Å². The minimum atomic E-state index is 0.271. The molecule has 0 aliphatic rings. The molecule has 0 spiro atoms. The van der Waals surface area contributed by atoms with Crippen molar-refractivity contribution in [3.05, 3.63) is 34.6 Å². The van der Waals surface area contributed by atoms with Gasteiger partial charge < -0.3 is 10.5 Å². The lowest BCUT2D eigenvalue weighted by Crippen LogP contribution is -2.12. The van der Waals surface area contributed by atoms with Crippen molar-refractivity contribution in [3.8, 4) is 5.75 Å². The van der Waals surface area contributed by atoms with E-state index in [9.17, 15) is 0 Å². The highest BCUT2D eigenvalue weighted by atomic mass is 35.5. The first-order valence-electron chi connectivity index (χ1n) is 5.55. The van der Waals surface area contributed by atoms with Crippen molar-refractivity contribution in [2.75, 3.05) is 6.54 Å². The van der Waals surface area contributed by atoms with E-state index in [1.807, 2.05) is 19.1 Å². The fourth-order valence-corrected chi connectivity index (χ4v) is 1.69. The molecular formula is C11H14ClN5O. The van der Waals surface area contributed by atoms with Crippen molar-refractivity contribution in [1.29, 1.82) is 0 Å². The molecule has 2 aromatic rings. The summed E-state index contributed by atoms with van der Waals surface area (Å²) in [6.45, 7) is 3.23. The summed E-state index contributed by atoms with van der Waals surface area (Å²) in [6, 6.07) is 5.44. The van der Waals surface area contributed by atoms with Crippen LogP contribution in [0.3, 0.4) is 0 Å². The molecule has 1 aromatic heterocycles. The van der Waals surface area contributed by atoms with Crippen LogP contribution in [0.4, 0.5) is 0 Å². The minimum Gasteiger partial charge on any atom is -0.485 e. The summed E-state index contributed by atoms with van der Waals surface area (Å²) < 4.78 is 5.60. The minimum absolute atomic E-state index is 0.271. The maximum Gasteiger partial charge on any atom is 0.212 e. The molecule has 0 aliphatic carbocycles. The van der Waals surface area contributed by atoms with Crippen molar-refractivity contribution < 1.29 is 4.74 Å². The van der Waals surface area contributed by atoms with Crippen LogP contribution in [0.1, 0.15) is 11.4 Å². The molecule has 0 aliphatic heterocycles. The van der Waals surface area contributed by atoms with E-state index in [1.54, 1.807) is 6.07 Å². The fourth-order valence-electron chi connectivity index (χ4n) is 1.46. The Morgan fingerprint density at radius 3 is 3.00 bits per heavy atom. The third-order valence-corrected chi connectivity index (χ3v) is 2.55. The molecule has 0 bridgehead atoms. The SMILES string of the molecule is Cc1cc(Cl)ccc1OCc1nnn(CCN)n1. The van der Waals surface area contributed by atoms with Gasteiger partial charge in [-0.25, -0.2) is 0 Å². The highest BCUT2D eigenvalue weighted by Gasteiger charge is 2.05. The first-order valence-corrected chi connectivity index (χ1v) is 5.92. The molecule has 0 saturated heterocycles. The normalized spacial score (nSPS) is 10.6. The second-order valence-corrected chi connectivity index (χ2v) is 4.23. The zero-order valence-corrected chi connectivity index (χ0v) is 10.8. The summed E-state index contributed by atoms with van der Waals surface area (Å²) in [5, 5.41) is 12.5. The first kappa shape index (κ1) is 12.8. The van der Waals surface area contributed by atoms with Gasteiger partial charge in [-0.3, -0.25) is 0 Å². The molecule has 2 N–H and O–H groups in total. The third-order valence-electron chi connectivity index (χ3n) is 2.32. The molecule has 0 atom stereocenters. The van der Waals surface area contributed by atoms with Crippen LogP contribution >= 0.6 is 11.6 Å². The summed E-state index contributed by atoms with van der Waals surface area (Å²) in [5.41, 5.74) is 6.37. The summed E-state index contributed by atoms with van der Waals surface area (Å²) in [7, 11) is 0. The van der Waals surface area contributed by atoms with E-state index >= 15 is 0 Å². The Morgan fingerprint density at radius 2 is 2.28 bits per heavy atom. The van der Waals surface area contributed by atoms with Crippen molar-refractivity contribution in [2.45, 2.75) is 20.1 Å². The Labute approximate surface area is 110 Å². The number of aryl methyl sites for hydroxylation is 1. The number of halogens is 1. The zero-order chi connectivity index (χ0) is 13.0. The van der Waals surface area contributed by atoms with Gasteiger partial charge in [-0.05, 0) is 35.9 Å². The number of aromatic nitrogens is 4. The van der Waals surface area contributed by atoms with Crippen molar-refractivity contribution in [1.82, 2.24) is 20.2 Å². The van der Waals surface area contributed by atoms with Crippen LogP contribution in [-0.4, -0.2) is 26.8 Å². The fraction of sp³-hybridized carbons (Fsp3) is 0.364. The smallest absolute Gasteiger partial charge is 0.212 e. The van der Waals surface area contributed by atoms with Gasteiger partial charge in [0.2, 0.25) is 5.82 Å². The van der Waals surface area contributed by atoms with E-state index in [0.717, 1.165) is 11.3 Å². The molecule has 0 radical (unpaired) electrons.